The zero-order chi connectivity index (χ0) is 17.2. The number of nitrogens with two attached hydrogens (primary N) is 1. The van der Waals surface area contributed by atoms with Crippen molar-refractivity contribution in [2.75, 3.05) is 6.54 Å². The van der Waals surface area contributed by atoms with Crippen LogP contribution in [-0.2, 0) is 6.61 Å². The predicted molar refractivity (Wildman–Crippen MR) is 94.3 cm³/mol. The molecule has 136 valence electrons. The van der Waals surface area contributed by atoms with E-state index < -0.39 is 5.54 Å². The van der Waals surface area contributed by atoms with Crippen molar-refractivity contribution in [1.82, 2.24) is 5.32 Å². The maximum Gasteiger partial charge on any atom is 0.287 e. The molecule has 2 aromatic rings. The van der Waals surface area contributed by atoms with Crippen LogP contribution in [0.25, 0.3) is 0 Å². The minimum atomic E-state index is -0.394. The number of carbonyl (C=O) groups is 1. The molecule has 1 aliphatic rings. The van der Waals surface area contributed by atoms with Gasteiger partial charge in [0.05, 0.1) is 5.54 Å². The summed E-state index contributed by atoms with van der Waals surface area (Å²) in [5.74, 6) is 1.12. The van der Waals surface area contributed by atoms with Crippen molar-refractivity contribution in [3.05, 3.63) is 53.7 Å². The van der Waals surface area contributed by atoms with Gasteiger partial charge in [-0.2, -0.15) is 0 Å². The Morgan fingerprint density at radius 2 is 2.00 bits per heavy atom. The highest BCUT2D eigenvalue weighted by atomic mass is 35.5. The zero-order valence-corrected chi connectivity index (χ0v) is 14.8. The third kappa shape index (κ3) is 4.74. The molecule has 3 rings (SSSR count). The van der Waals surface area contributed by atoms with Gasteiger partial charge in [0.2, 0.25) is 0 Å². The molecule has 0 saturated heterocycles. The van der Waals surface area contributed by atoms with Gasteiger partial charge in [-0.1, -0.05) is 0 Å². The van der Waals surface area contributed by atoms with Crippen molar-refractivity contribution in [2.45, 2.75) is 31.9 Å². The van der Waals surface area contributed by atoms with Gasteiger partial charge in [0.25, 0.3) is 5.91 Å². The SMILES string of the molecule is CC(CN)(NC(=O)c1ccc(COc2ccc(F)cc2)o1)C1CC1.Cl. The number of hydrogen-bond donors (Lipinski definition) is 2. The minimum absolute atomic E-state index is 0. The first-order chi connectivity index (χ1) is 11.5. The second-order valence-corrected chi connectivity index (χ2v) is 6.36. The minimum Gasteiger partial charge on any atom is -0.486 e. The molecular weight excluding hydrogens is 347 g/mol. The summed E-state index contributed by atoms with van der Waals surface area (Å²) in [6, 6.07) is 9.02. The van der Waals surface area contributed by atoms with Crippen molar-refractivity contribution < 1.29 is 18.3 Å². The Labute approximate surface area is 152 Å². The molecule has 7 heteroatoms. The highest BCUT2D eigenvalue weighted by Crippen LogP contribution is 2.39. The van der Waals surface area contributed by atoms with E-state index in [1.54, 1.807) is 12.1 Å². The summed E-state index contributed by atoms with van der Waals surface area (Å²) in [4.78, 5) is 12.3. The zero-order valence-electron chi connectivity index (χ0n) is 14.0. The number of benzene rings is 1. The van der Waals surface area contributed by atoms with Crippen LogP contribution in [0.3, 0.4) is 0 Å². The molecule has 25 heavy (non-hydrogen) atoms. The van der Waals surface area contributed by atoms with Crippen LogP contribution in [0.1, 0.15) is 36.1 Å². The molecule has 1 saturated carbocycles. The summed E-state index contributed by atoms with van der Waals surface area (Å²) in [7, 11) is 0. The van der Waals surface area contributed by atoms with Crippen LogP contribution in [0.2, 0.25) is 0 Å². The number of rotatable bonds is 7. The Hall–Kier alpha value is -2.05. The van der Waals surface area contributed by atoms with E-state index in [2.05, 4.69) is 5.32 Å². The lowest BCUT2D eigenvalue weighted by Crippen LogP contribution is -2.53. The smallest absolute Gasteiger partial charge is 0.287 e. The van der Waals surface area contributed by atoms with E-state index in [1.165, 1.54) is 24.3 Å². The molecule has 1 fully saturated rings. The fourth-order valence-corrected chi connectivity index (χ4v) is 2.62. The Balaban J connectivity index is 0.00000225. The molecule has 3 N–H and O–H groups in total. The number of amides is 1. The van der Waals surface area contributed by atoms with Crippen molar-refractivity contribution in [3.8, 4) is 5.75 Å². The molecule has 1 aromatic heterocycles. The Morgan fingerprint density at radius 3 is 2.60 bits per heavy atom. The standard InChI is InChI=1S/C18H21FN2O3.ClH/c1-18(11-20,12-2-3-12)21-17(22)16-9-8-15(24-16)10-23-14-6-4-13(19)5-7-14;/h4-9,12H,2-3,10-11,20H2,1H3,(H,21,22);1H. The Bertz CT molecular complexity index is 715. The van der Waals surface area contributed by atoms with Crippen molar-refractivity contribution >= 4 is 18.3 Å². The largest absolute Gasteiger partial charge is 0.486 e. The summed E-state index contributed by atoms with van der Waals surface area (Å²) in [6.45, 7) is 2.52. The average molecular weight is 369 g/mol. The van der Waals surface area contributed by atoms with Crippen LogP contribution in [-0.4, -0.2) is 18.0 Å². The highest BCUT2D eigenvalue weighted by Gasteiger charge is 2.42. The van der Waals surface area contributed by atoms with E-state index in [9.17, 15) is 9.18 Å². The fraction of sp³-hybridized carbons (Fsp3) is 0.389. The van der Waals surface area contributed by atoms with E-state index in [0.717, 1.165) is 12.8 Å². The number of halogens is 2. The third-order valence-electron chi connectivity index (χ3n) is 4.38. The van der Waals surface area contributed by atoms with E-state index in [4.69, 9.17) is 14.9 Å². The van der Waals surface area contributed by atoms with Crippen LogP contribution < -0.4 is 15.8 Å². The number of carbonyl (C=O) groups excluding carboxylic acids is 1. The number of hydrogen-bond acceptors (Lipinski definition) is 4. The van der Waals surface area contributed by atoms with E-state index in [1.807, 2.05) is 6.92 Å². The maximum absolute atomic E-state index is 12.8. The van der Waals surface area contributed by atoms with Gasteiger partial charge in [-0.15, -0.1) is 12.4 Å². The topological polar surface area (TPSA) is 77.5 Å². The van der Waals surface area contributed by atoms with Crippen molar-refractivity contribution in [1.29, 1.82) is 0 Å². The van der Waals surface area contributed by atoms with Crippen LogP contribution in [0.4, 0.5) is 4.39 Å². The average Bonchev–Trinajstić information content (AvgIpc) is 3.33. The number of ether oxygens (including phenoxy) is 1. The molecule has 1 amide bonds. The molecule has 0 radical (unpaired) electrons. The molecule has 1 atom stereocenters. The lowest BCUT2D eigenvalue weighted by molar-refractivity contribution is 0.0865. The van der Waals surface area contributed by atoms with Gasteiger partial charge in [-0.05, 0) is 62.1 Å². The molecule has 0 aliphatic heterocycles. The highest BCUT2D eigenvalue weighted by molar-refractivity contribution is 5.92. The van der Waals surface area contributed by atoms with E-state index in [0.29, 0.717) is 24.0 Å². The lowest BCUT2D eigenvalue weighted by Gasteiger charge is -2.28. The molecule has 1 unspecified atom stereocenters. The van der Waals surface area contributed by atoms with Gasteiger partial charge in [0.1, 0.15) is 23.9 Å². The molecule has 5 nitrogen and oxygen atoms in total. The summed E-state index contributed by atoms with van der Waals surface area (Å²) in [6.07, 6.45) is 2.17. The van der Waals surface area contributed by atoms with Crippen molar-refractivity contribution in [3.63, 3.8) is 0 Å². The normalized spacial score (nSPS) is 15.8. The van der Waals surface area contributed by atoms with Crippen LogP contribution in [0, 0.1) is 11.7 Å². The number of nitrogens with one attached hydrogen (secondary N) is 1. The molecular formula is C18H22ClFN2O3. The lowest BCUT2D eigenvalue weighted by atomic mass is 9.96. The summed E-state index contributed by atoms with van der Waals surface area (Å²) in [5.41, 5.74) is 5.42. The van der Waals surface area contributed by atoms with Crippen LogP contribution in [0.5, 0.6) is 5.75 Å². The van der Waals surface area contributed by atoms with Gasteiger partial charge >= 0.3 is 0 Å². The molecule has 0 spiro atoms. The summed E-state index contributed by atoms with van der Waals surface area (Å²) < 4.78 is 23.9. The maximum atomic E-state index is 12.8. The first-order valence-electron chi connectivity index (χ1n) is 8.00. The van der Waals surface area contributed by atoms with Gasteiger partial charge in [-0.3, -0.25) is 4.79 Å². The summed E-state index contributed by atoms with van der Waals surface area (Å²) >= 11 is 0. The predicted octanol–water partition coefficient (Wildman–Crippen LogP) is 3.28. The first kappa shape index (κ1) is 19.3. The van der Waals surface area contributed by atoms with Gasteiger partial charge in [0.15, 0.2) is 5.76 Å². The van der Waals surface area contributed by atoms with Crippen LogP contribution in [0.15, 0.2) is 40.8 Å². The molecule has 0 bridgehead atoms. The Kier molecular flexibility index (Phi) is 6.08. The Morgan fingerprint density at radius 1 is 1.32 bits per heavy atom. The van der Waals surface area contributed by atoms with Gasteiger partial charge in [0, 0.05) is 6.54 Å². The third-order valence-corrected chi connectivity index (χ3v) is 4.38. The molecule has 1 aromatic carbocycles. The van der Waals surface area contributed by atoms with Crippen LogP contribution >= 0.6 is 12.4 Å². The molecule has 1 aliphatic carbocycles. The second kappa shape index (κ2) is 7.89. The van der Waals surface area contributed by atoms with Gasteiger partial charge in [-0.25, -0.2) is 4.39 Å². The van der Waals surface area contributed by atoms with E-state index in [-0.39, 0.29) is 36.5 Å². The first-order valence-corrected chi connectivity index (χ1v) is 8.00. The quantitative estimate of drug-likeness (QED) is 0.786. The number of furan rings is 1. The summed E-state index contributed by atoms with van der Waals surface area (Å²) in [5, 5.41) is 2.97. The monoisotopic (exact) mass is 368 g/mol. The fourth-order valence-electron chi connectivity index (χ4n) is 2.62. The molecule has 1 heterocycles. The second-order valence-electron chi connectivity index (χ2n) is 6.36. The van der Waals surface area contributed by atoms with E-state index >= 15 is 0 Å². The van der Waals surface area contributed by atoms with Gasteiger partial charge < -0.3 is 20.2 Å². The van der Waals surface area contributed by atoms with Crippen molar-refractivity contribution in [2.24, 2.45) is 11.7 Å².